The zero-order valence-electron chi connectivity index (χ0n) is 13.2. The van der Waals surface area contributed by atoms with Crippen LogP contribution in [0.5, 0.6) is 0 Å². The number of benzene rings is 1. The van der Waals surface area contributed by atoms with Crippen molar-refractivity contribution in [3.05, 3.63) is 35.6 Å². The Labute approximate surface area is 138 Å². The highest BCUT2D eigenvalue weighted by Gasteiger charge is 2.13. The first-order valence-electron chi connectivity index (χ1n) is 7.36. The molecule has 0 saturated carbocycles. The molecule has 0 radical (unpaired) electrons. The predicted octanol–water partition coefficient (Wildman–Crippen LogP) is 2.17. The average Bonchev–Trinajstić information content (AvgIpc) is 2.49. The summed E-state index contributed by atoms with van der Waals surface area (Å²) in [5.74, 6) is -0.309. The number of hydrogen-bond donors (Lipinski definition) is 2. The lowest BCUT2D eigenvalue weighted by Gasteiger charge is -2.12. The molecule has 1 aromatic rings. The summed E-state index contributed by atoms with van der Waals surface area (Å²) in [6.07, 6.45) is 1.22. The molecule has 126 valence electrons. The monoisotopic (exact) mass is 332 g/mol. The van der Waals surface area contributed by atoms with Gasteiger partial charge in [-0.25, -0.2) is 4.39 Å². The van der Waals surface area contributed by atoms with Crippen molar-refractivity contribution in [2.75, 3.05) is 33.4 Å². The van der Waals surface area contributed by atoms with Crippen molar-refractivity contribution in [1.29, 1.82) is 0 Å². The van der Waals surface area contributed by atoms with E-state index in [0.717, 1.165) is 13.1 Å². The van der Waals surface area contributed by atoms with E-state index in [0.29, 0.717) is 31.6 Å². The zero-order valence-corrected chi connectivity index (χ0v) is 14.0. The molecule has 1 rings (SSSR count). The van der Waals surface area contributed by atoms with Crippen LogP contribution in [0.25, 0.3) is 0 Å². The summed E-state index contributed by atoms with van der Waals surface area (Å²) < 4.78 is 18.4. The molecule has 0 fully saturated rings. The molecular weight excluding hydrogens is 307 g/mol. The van der Waals surface area contributed by atoms with Crippen LogP contribution in [0.2, 0.25) is 0 Å². The van der Waals surface area contributed by atoms with Gasteiger partial charge in [0.2, 0.25) is 5.91 Å². The van der Waals surface area contributed by atoms with Crippen LogP contribution in [-0.4, -0.2) is 39.3 Å². The lowest BCUT2D eigenvalue weighted by molar-refractivity contribution is -0.124. The largest absolute Gasteiger partial charge is 0.383 e. The van der Waals surface area contributed by atoms with Gasteiger partial charge in [-0.3, -0.25) is 4.79 Å². The van der Waals surface area contributed by atoms with E-state index in [-0.39, 0.29) is 30.0 Å². The molecule has 1 unspecified atom stereocenters. The standard InChI is InChI=1S/C16H25FN2O2.ClH/c1-13(7-8-14-5-3-4-6-15(14)17)16(20)19-10-9-18-11-12-21-2;/h3-6,13,18H,7-12H2,1-2H3,(H,19,20);1H. The summed E-state index contributed by atoms with van der Waals surface area (Å²) in [7, 11) is 1.65. The maximum atomic E-state index is 13.5. The van der Waals surface area contributed by atoms with Crippen LogP contribution in [0.15, 0.2) is 24.3 Å². The molecule has 0 spiro atoms. The van der Waals surface area contributed by atoms with E-state index in [1.165, 1.54) is 6.07 Å². The Kier molecular flexibility index (Phi) is 11.7. The third-order valence-electron chi connectivity index (χ3n) is 3.34. The first-order chi connectivity index (χ1) is 10.1. The molecule has 0 aliphatic carbocycles. The molecule has 6 heteroatoms. The van der Waals surface area contributed by atoms with E-state index < -0.39 is 0 Å². The van der Waals surface area contributed by atoms with Gasteiger partial charge >= 0.3 is 0 Å². The van der Waals surface area contributed by atoms with Crippen LogP contribution < -0.4 is 10.6 Å². The van der Waals surface area contributed by atoms with Gasteiger partial charge in [0.1, 0.15) is 5.82 Å². The molecule has 0 aliphatic heterocycles. The quantitative estimate of drug-likeness (QED) is 0.646. The molecule has 0 aliphatic rings. The number of ether oxygens (including phenoxy) is 1. The Morgan fingerprint density at radius 3 is 2.68 bits per heavy atom. The van der Waals surface area contributed by atoms with Gasteiger partial charge in [0.05, 0.1) is 6.61 Å². The van der Waals surface area contributed by atoms with Crippen molar-refractivity contribution < 1.29 is 13.9 Å². The van der Waals surface area contributed by atoms with E-state index in [1.807, 2.05) is 13.0 Å². The predicted molar refractivity (Wildman–Crippen MR) is 88.9 cm³/mol. The zero-order chi connectivity index (χ0) is 15.5. The maximum absolute atomic E-state index is 13.5. The number of amides is 1. The molecule has 0 saturated heterocycles. The summed E-state index contributed by atoms with van der Waals surface area (Å²) in [6.45, 7) is 4.61. The molecule has 0 bridgehead atoms. The van der Waals surface area contributed by atoms with Crippen molar-refractivity contribution >= 4 is 18.3 Å². The molecule has 1 amide bonds. The summed E-state index contributed by atoms with van der Waals surface area (Å²) >= 11 is 0. The van der Waals surface area contributed by atoms with Crippen LogP contribution in [0.3, 0.4) is 0 Å². The number of carbonyl (C=O) groups excluding carboxylic acids is 1. The van der Waals surface area contributed by atoms with Crippen LogP contribution in [0.4, 0.5) is 4.39 Å². The Balaban J connectivity index is 0.00000441. The first kappa shape index (κ1) is 20.8. The third kappa shape index (κ3) is 8.32. The van der Waals surface area contributed by atoms with Gasteiger partial charge in [-0.2, -0.15) is 0 Å². The highest BCUT2D eigenvalue weighted by molar-refractivity contribution is 5.85. The van der Waals surface area contributed by atoms with E-state index in [9.17, 15) is 9.18 Å². The molecule has 1 aromatic carbocycles. The molecule has 1 atom stereocenters. The summed E-state index contributed by atoms with van der Waals surface area (Å²) in [5, 5.41) is 6.03. The van der Waals surface area contributed by atoms with Gasteiger partial charge in [-0.15, -0.1) is 12.4 Å². The van der Waals surface area contributed by atoms with Crippen LogP contribution in [-0.2, 0) is 16.0 Å². The second-order valence-electron chi connectivity index (χ2n) is 5.06. The van der Waals surface area contributed by atoms with E-state index >= 15 is 0 Å². The average molecular weight is 333 g/mol. The SMILES string of the molecule is COCCNCCNC(=O)C(C)CCc1ccccc1F.Cl. The molecule has 2 N–H and O–H groups in total. The first-order valence-corrected chi connectivity index (χ1v) is 7.36. The third-order valence-corrected chi connectivity index (χ3v) is 3.34. The van der Waals surface area contributed by atoms with E-state index in [1.54, 1.807) is 19.2 Å². The van der Waals surface area contributed by atoms with Gasteiger partial charge in [0.15, 0.2) is 0 Å². The highest BCUT2D eigenvalue weighted by Crippen LogP contribution is 2.12. The fraction of sp³-hybridized carbons (Fsp3) is 0.562. The van der Waals surface area contributed by atoms with Crippen molar-refractivity contribution in [3.8, 4) is 0 Å². The normalized spacial score (nSPS) is 11.6. The second-order valence-corrected chi connectivity index (χ2v) is 5.06. The van der Waals surface area contributed by atoms with Crippen molar-refractivity contribution in [1.82, 2.24) is 10.6 Å². The maximum Gasteiger partial charge on any atom is 0.222 e. The van der Waals surface area contributed by atoms with E-state index in [4.69, 9.17) is 4.74 Å². The minimum atomic E-state index is -0.201. The lowest BCUT2D eigenvalue weighted by Crippen LogP contribution is -2.36. The van der Waals surface area contributed by atoms with Gasteiger partial charge in [-0.05, 0) is 24.5 Å². The Hall–Kier alpha value is -1.17. The fourth-order valence-electron chi connectivity index (χ4n) is 1.95. The molecule has 4 nitrogen and oxygen atoms in total. The molecule has 0 aromatic heterocycles. The Morgan fingerprint density at radius 2 is 2.00 bits per heavy atom. The second kappa shape index (κ2) is 12.4. The number of hydrogen-bond acceptors (Lipinski definition) is 3. The number of halogens is 2. The van der Waals surface area contributed by atoms with Crippen LogP contribution >= 0.6 is 12.4 Å². The Morgan fingerprint density at radius 1 is 1.27 bits per heavy atom. The minimum absolute atomic E-state index is 0. The van der Waals surface area contributed by atoms with Gasteiger partial charge in [-0.1, -0.05) is 25.1 Å². The number of nitrogens with one attached hydrogen (secondary N) is 2. The molecule has 0 heterocycles. The summed E-state index contributed by atoms with van der Waals surface area (Å²) in [5.41, 5.74) is 0.665. The smallest absolute Gasteiger partial charge is 0.222 e. The molecule has 22 heavy (non-hydrogen) atoms. The number of carbonyl (C=O) groups is 1. The summed E-state index contributed by atoms with van der Waals surface area (Å²) in [6, 6.07) is 6.70. The van der Waals surface area contributed by atoms with E-state index in [2.05, 4.69) is 10.6 Å². The topological polar surface area (TPSA) is 50.4 Å². The van der Waals surface area contributed by atoms with Gasteiger partial charge in [0.25, 0.3) is 0 Å². The molecular formula is C16H26ClFN2O2. The van der Waals surface area contributed by atoms with Crippen molar-refractivity contribution in [3.63, 3.8) is 0 Å². The number of rotatable bonds is 10. The van der Waals surface area contributed by atoms with Crippen LogP contribution in [0, 0.1) is 11.7 Å². The van der Waals surface area contributed by atoms with Gasteiger partial charge < -0.3 is 15.4 Å². The van der Waals surface area contributed by atoms with Crippen molar-refractivity contribution in [2.24, 2.45) is 5.92 Å². The highest BCUT2D eigenvalue weighted by atomic mass is 35.5. The minimum Gasteiger partial charge on any atom is -0.383 e. The van der Waals surface area contributed by atoms with Crippen LogP contribution in [0.1, 0.15) is 18.9 Å². The fourth-order valence-corrected chi connectivity index (χ4v) is 1.95. The van der Waals surface area contributed by atoms with Gasteiger partial charge in [0, 0.05) is 32.7 Å². The number of aryl methyl sites for hydroxylation is 1. The Bertz CT molecular complexity index is 432. The lowest BCUT2D eigenvalue weighted by atomic mass is 10.00. The summed E-state index contributed by atoms with van der Waals surface area (Å²) in [4.78, 5) is 11.9. The number of methoxy groups -OCH3 is 1. The van der Waals surface area contributed by atoms with Crippen molar-refractivity contribution in [2.45, 2.75) is 19.8 Å².